The van der Waals surface area contributed by atoms with Gasteiger partial charge < -0.3 is 5.32 Å². The van der Waals surface area contributed by atoms with Crippen molar-refractivity contribution in [2.45, 2.75) is 4.90 Å². The Morgan fingerprint density at radius 1 is 1.22 bits per heavy atom. The molecule has 1 N–H and O–H groups in total. The minimum absolute atomic E-state index is 0.219. The molecule has 92 valence electrons. The molecule has 0 saturated heterocycles. The third-order valence-corrected chi connectivity index (χ3v) is 3.64. The Morgan fingerprint density at radius 3 is 2.67 bits per heavy atom. The number of rotatable bonds is 2. The third kappa shape index (κ3) is 3.07. The van der Waals surface area contributed by atoms with Gasteiger partial charge in [-0.2, -0.15) is 0 Å². The van der Waals surface area contributed by atoms with Gasteiger partial charge in [-0.1, -0.05) is 23.7 Å². The van der Waals surface area contributed by atoms with Crippen LogP contribution in [0.4, 0.5) is 5.69 Å². The molecule has 5 heteroatoms. The minimum Gasteiger partial charge on any atom is -0.321 e. The highest BCUT2D eigenvalue weighted by Crippen LogP contribution is 2.26. The summed E-state index contributed by atoms with van der Waals surface area (Å²) in [6.45, 7) is 0. The van der Waals surface area contributed by atoms with Crippen LogP contribution >= 0.6 is 40.2 Å². The van der Waals surface area contributed by atoms with E-state index in [1.165, 1.54) is 0 Å². The topological polar surface area (TPSA) is 29.1 Å². The fraction of sp³-hybridized carbons (Fsp3) is 0. The largest absolute Gasteiger partial charge is 0.321 e. The summed E-state index contributed by atoms with van der Waals surface area (Å²) in [5, 5.41) is 3.35. The van der Waals surface area contributed by atoms with Crippen LogP contribution in [0.5, 0.6) is 0 Å². The molecule has 0 atom stereocenters. The Balaban J connectivity index is 2.27. The number of hydrogen-bond acceptors (Lipinski definition) is 2. The Labute approximate surface area is 124 Å². The first-order chi connectivity index (χ1) is 8.58. The summed E-state index contributed by atoms with van der Waals surface area (Å²) in [6.07, 6.45) is 0. The van der Waals surface area contributed by atoms with Gasteiger partial charge >= 0.3 is 0 Å². The summed E-state index contributed by atoms with van der Waals surface area (Å²) >= 11 is 13.5. The molecule has 0 heterocycles. The lowest BCUT2D eigenvalue weighted by Gasteiger charge is -2.09. The molecule has 0 aliphatic carbocycles. The number of halogens is 2. The van der Waals surface area contributed by atoms with Crippen LogP contribution in [0.25, 0.3) is 0 Å². The van der Waals surface area contributed by atoms with Crippen LogP contribution in [0.1, 0.15) is 10.4 Å². The second-order valence-corrected chi connectivity index (χ2v) is 5.37. The van der Waals surface area contributed by atoms with E-state index in [0.717, 1.165) is 4.47 Å². The van der Waals surface area contributed by atoms with Crippen molar-refractivity contribution in [2.24, 2.45) is 0 Å². The molecule has 0 bridgehead atoms. The maximum atomic E-state index is 12.1. The zero-order chi connectivity index (χ0) is 13.1. The van der Waals surface area contributed by atoms with Crippen molar-refractivity contribution in [1.82, 2.24) is 0 Å². The zero-order valence-electron chi connectivity index (χ0n) is 9.15. The summed E-state index contributed by atoms with van der Waals surface area (Å²) in [6, 6.07) is 12.3. The summed E-state index contributed by atoms with van der Waals surface area (Å²) < 4.78 is 0.775. The van der Waals surface area contributed by atoms with Crippen molar-refractivity contribution in [3.05, 3.63) is 57.5 Å². The van der Waals surface area contributed by atoms with Crippen LogP contribution in [0, 0.1) is 0 Å². The lowest BCUT2D eigenvalue weighted by molar-refractivity contribution is 0.102. The molecule has 18 heavy (non-hydrogen) atoms. The van der Waals surface area contributed by atoms with Crippen LogP contribution in [0.3, 0.4) is 0 Å². The normalized spacial score (nSPS) is 10.2. The molecule has 0 saturated carbocycles. The van der Waals surface area contributed by atoms with Crippen LogP contribution in [0.15, 0.2) is 51.8 Å². The van der Waals surface area contributed by atoms with Crippen LogP contribution < -0.4 is 5.32 Å². The van der Waals surface area contributed by atoms with Gasteiger partial charge in [-0.25, -0.2) is 0 Å². The maximum absolute atomic E-state index is 12.1. The molecule has 0 aliphatic rings. The SMILES string of the molecule is O=C(Nc1cc(Cl)ccc1Br)c1ccccc1S. The second-order valence-electron chi connectivity index (χ2n) is 3.60. The average molecular weight is 343 g/mol. The van der Waals surface area contributed by atoms with Crippen molar-refractivity contribution >= 4 is 51.8 Å². The summed E-state index contributed by atoms with van der Waals surface area (Å²) in [4.78, 5) is 12.7. The van der Waals surface area contributed by atoms with E-state index < -0.39 is 0 Å². The molecule has 0 radical (unpaired) electrons. The molecule has 1 amide bonds. The number of thiol groups is 1. The molecule has 2 rings (SSSR count). The predicted molar refractivity (Wildman–Crippen MR) is 80.8 cm³/mol. The van der Waals surface area contributed by atoms with Crippen LogP contribution in [-0.2, 0) is 0 Å². The monoisotopic (exact) mass is 341 g/mol. The molecule has 2 aromatic rings. The number of carbonyl (C=O) groups excluding carboxylic acids is 1. The smallest absolute Gasteiger partial charge is 0.256 e. The van der Waals surface area contributed by atoms with Gasteiger partial charge in [0.1, 0.15) is 0 Å². The van der Waals surface area contributed by atoms with Crippen LogP contribution in [-0.4, -0.2) is 5.91 Å². The number of hydrogen-bond donors (Lipinski definition) is 2. The predicted octanol–water partition coefficient (Wildman–Crippen LogP) is 4.64. The molecule has 0 spiro atoms. The average Bonchev–Trinajstić information content (AvgIpc) is 2.34. The third-order valence-electron chi connectivity index (χ3n) is 2.33. The Bertz CT molecular complexity index is 603. The highest BCUT2D eigenvalue weighted by Gasteiger charge is 2.10. The lowest BCUT2D eigenvalue weighted by atomic mass is 10.2. The standard InChI is InChI=1S/C13H9BrClNOS/c14-10-6-5-8(15)7-11(10)16-13(17)9-3-1-2-4-12(9)18/h1-7,18H,(H,16,17). The summed E-state index contributed by atoms with van der Waals surface area (Å²) in [5.41, 5.74) is 1.15. The first kappa shape index (κ1) is 13.5. The summed E-state index contributed by atoms with van der Waals surface area (Å²) in [7, 11) is 0. The fourth-order valence-corrected chi connectivity index (χ4v) is 2.23. The number of anilines is 1. The molecular formula is C13H9BrClNOS. The molecule has 0 aliphatic heterocycles. The van der Waals surface area contributed by atoms with Gasteiger partial charge in [-0.05, 0) is 46.3 Å². The van der Waals surface area contributed by atoms with Gasteiger partial charge in [0, 0.05) is 14.4 Å². The van der Waals surface area contributed by atoms with Gasteiger partial charge in [0.25, 0.3) is 5.91 Å². The number of nitrogens with one attached hydrogen (secondary N) is 1. The van der Waals surface area contributed by atoms with Crippen molar-refractivity contribution in [3.63, 3.8) is 0 Å². The number of carbonyl (C=O) groups is 1. The van der Waals surface area contributed by atoms with Gasteiger partial charge in [0.2, 0.25) is 0 Å². The van der Waals surface area contributed by atoms with Gasteiger partial charge in [-0.3, -0.25) is 4.79 Å². The first-order valence-electron chi connectivity index (χ1n) is 5.12. The van der Waals surface area contributed by atoms with Crippen molar-refractivity contribution < 1.29 is 4.79 Å². The van der Waals surface area contributed by atoms with Crippen molar-refractivity contribution in [2.75, 3.05) is 5.32 Å². The van der Waals surface area contributed by atoms with Gasteiger partial charge in [0.05, 0.1) is 11.3 Å². The Kier molecular flexibility index (Phi) is 4.32. The van der Waals surface area contributed by atoms with E-state index in [-0.39, 0.29) is 5.91 Å². The van der Waals surface area contributed by atoms with Crippen LogP contribution in [0.2, 0.25) is 5.02 Å². The van der Waals surface area contributed by atoms with E-state index in [4.69, 9.17) is 11.6 Å². The highest BCUT2D eigenvalue weighted by atomic mass is 79.9. The number of benzene rings is 2. The van der Waals surface area contributed by atoms with Crippen molar-refractivity contribution in [1.29, 1.82) is 0 Å². The molecular weight excluding hydrogens is 334 g/mol. The lowest BCUT2D eigenvalue weighted by Crippen LogP contribution is -2.12. The minimum atomic E-state index is -0.219. The van der Waals surface area contributed by atoms with Gasteiger partial charge in [0.15, 0.2) is 0 Å². The quantitative estimate of drug-likeness (QED) is 0.765. The van der Waals surface area contributed by atoms with Gasteiger partial charge in [-0.15, -0.1) is 12.6 Å². The molecule has 2 nitrogen and oxygen atoms in total. The van der Waals surface area contributed by atoms with E-state index >= 15 is 0 Å². The molecule has 0 fully saturated rings. The molecule has 0 aromatic heterocycles. The number of amides is 1. The molecule has 0 unspecified atom stereocenters. The van der Waals surface area contributed by atoms with E-state index in [0.29, 0.717) is 21.2 Å². The molecule has 2 aromatic carbocycles. The summed E-state index contributed by atoms with van der Waals surface area (Å²) in [5.74, 6) is -0.219. The first-order valence-corrected chi connectivity index (χ1v) is 6.74. The Hall–Kier alpha value is -0.970. The fourth-order valence-electron chi connectivity index (χ4n) is 1.45. The second kappa shape index (κ2) is 5.78. The van der Waals surface area contributed by atoms with E-state index in [9.17, 15) is 4.79 Å². The van der Waals surface area contributed by atoms with E-state index in [2.05, 4.69) is 33.9 Å². The van der Waals surface area contributed by atoms with Crippen molar-refractivity contribution in [3.8, 4) is 0 Å². The zero-order valence-corrected chi connectivity index (χ0v) is 12.4. The van der Waals surface area contributed by atoms with E-state index in [1.54, 1.807) is 36.4 Å². The highest BCUT2D eigenvalue weighted by molar-refractivity contribution is 9.10. The maximum Gasteiger partial charge on any atom is 0.256 e. The Morgan fingerprint density at radius 2 is 1.94 bits per heavy atom. The van der Waals surface area contributed by atoms with E-state index in [1.807, 2.05) is 6.07 Å².